The minimum absolute atomic E-state index is 0.0143. The predicted octanol–water partition coefficient (Wildman–Crippen LogP) is 2.70. The van der Waals surface area contributed by atoms with Crippen LogP contribution in [0.2, 0.25) is 0 Å². The SMILES string of the molecule is CCC(CC#N)C(=N)c1ccc(O)cc1. The van der Waals surface area contributed by atoms with Crippen LogP contribution in [0.5, 0.6) is 5.75 Å². The van der Waals surface area contributed by atoms with Crippen LogP contribution >= 0.6 is 0 Å². The summed E-state index contributed by atoms with van der Waals surface area (Å²) in [5.41, 5.74) is 1.24. The van der Waals surface area contributed by atoms with E-state index < -0.39 is 0 Å². The average Bonchev–Trinajstić information content (AvgIpc) is 2.26. The van der Waals surface area contributed by atoms with Crippen molar-refractivity contribution in [1.29, 1.82) is 10.7 Å². The monoisotopic (exact) mass is 202 g/mol. The number of hydrogen-bond acceptors (Lipinski definition) is 3. The molecule has 2 N–H and O–H groups in total. The molecule has 3 nitrogen and oxygen atoms in total. The van der Waals surface area contributed by atoms with Crippen molar-refractivity contribution in [2.75, 3.05) is 0 Å². The van der Waals surface area contributed by atoms with Crippen molar-refractivity contribution in [2.24, 2.45) is 5.92 Å². The molecule has 15 heavy (non-hydrogen) atoms. The third-order valence-corrected chi connectivity index (χ3v) is 2.42. The van der Waals surface area contributed by atoms with E-state index >= 15 is 0 Å². The number of phenolic OH excluding ortho intramolecular Hbond substituents is 1. The minimum atomic E-state index is -0.0143. The normalized spacial score (nSPS) is 11.7. The molecule has 1 aromatic rings. The summed E-state index contributed by atoms with van der Waals surface area (Å²) >= 11 is 0. The molecule has 0 spiro atoms. The molecular formula is C12H14N2O. The Labute approximate surface area is 89.5 Å². The number of hydrogen-bond donors (Lipinski definition) is 2. The Morgan fingerprint density at radius 3 is 2.53 bits per heavy atom. The van der Waals surface area contributed by atoms with Crippen molar-refractivity contribution in [3.05, 3.63) is 29.8 Å². The van der Waals surface area contributed by atoms with E-state index in [1.807, 2.05) is 6.92 Å². The molecule has 1 rings (SSSR count). The second-order valence-electron chi connectivity index (χ2n) is 3.43. The van der Waals surface area contributed by atoms with Crippen molar-refractivity contribution in [1.82, 2.24) is 0 Å². The smallest absolute Gasteiger partial charge is 0.115 e. The topological polar surface area (TPSA) is 67.9 Å². The third kappa shape index (κ3) is 2.81. The van der Waals surface area contributed by atoms with Gasteiger partial charge in [-0.1, -0.05) is 6.92 Å². The van der Waals surface area contributed by atoms with Gasteiger partial charge in [-0.3, -0.25) is 0 Å². The van der Waals surface area contributed by atoms with E-state index in [2.05, 4.69) is 6.07 Å². The first kappa shape index (κ1) is 11.3. The van der Waals surface area contributed by atoms with Gasteiger partial charge < -0.3 is 10.5 Å². The van der Waals surface area contributed by atoms with Crippen LogP contribution in [-0.2, 0) is 0 Å². The van der Waals surface area contributed by atoms with Gasteiger partial charge in [-0.2, -0.15) is 5.26 Å². The Morgan fingerprint density at radius 1 is 1.47 bits per heavy atom. The average molecular weight is 202 g/mol. The highest BCUT2D eigenvalue weighted by Gasteiger charge is 2.13. The highest BCUT2D eigenvalue weighted by atomic mass is 16.3. The van der Waals surface area contributed by atoms with Gasteiger partial charge >= 0.3 is 0 Å². The van der Waals surface area contributed by atoms with Gasteiger partial charge in [-0.25, -0.2) is 0 Å². The molecule has 0 saturated carbocycles. The van der Waals surface area contributed by atoms with E-state index in [0.29, 0.717) is 12.1 Å². The standard InChI is InChI=1S/C12H14N2O/c1-2-9(7-8-13)12(14)10-3-5-11(15)6-4-10/h3-6,9,14-15H,2,7H2,1H3. The van der Waals surface area contributed by atoms with E-state index in [4.69, 9.17) is 15.8 Å². The predicted molar refractivity (Wildman–Crippen MR) is 58.9 cm³/mol. The zero-order chi connectivity index (χ0) is 11.3. The zero-order valence-electron chi connectivity index (χ0n) is 8.70. The van der Waals surface area contributed by atoms with Gasteiger partial charge in [-0.05, 0) is 36.2 Å². The highest BCUT2D eigenvalue weighted by molar-refractivity contribution is 6.00. The number of phenols is 1. The molecule has 0 fully saturated rings. The lowest BCUT2D eigenvalue weighted by Crippen LogP contribution is -2.13. The lowest BCUT2D eigenvalue weighted by molar-refractivity contribution is 0.475. The van der Waals surface area contributed by atoms with Crippen LogP contribution in [0, 0.1) is 22.7 Å². The summed E-state index contributed by atoms with van der Waals surface area (Å²) in [7, 11) is 0. The lowest BCUT2D eigenvalue weighted by atomic mass is 9.92. The maximum atomic E-state index is 9.11. The Kier molecular flexibility index (Phi) is 3.87. The lowest BCUT2D eigenvalue weighted by Gasteiger charge is -2.12. The van der Waals surface area contributed by atoms with Gasteiger partial charge in [0.15, 0.2) is 0 Å². The van der Waals surface area contributed by atoms with Crippen LogP contribution in [0.25, 0.3) is 0 Å². The summed E-state index contributed by atoms with van der Waals surface area (Å²) in [5.74, 6) is 0.180. The van der Waals surface area contributed by atoms with Crippen LogP contribution in [-0.4, -0.2) is 10.8 Å². The summed E-state index contributed by atoms with van der Waals surface area (Å²) in [6.45, 7) is 1.97. The van der Waals surface area contributed by atoms with E-state index in [9.17, 15) is 0 Å². The van der Waals surface area contributed by atoms with Crippen molar-refractivity contribution in [2.45, 2.75) is 19.8 Å². The Hall–Kier alpha value is -1.82. The van der Waals surface area contributed by atoms with Crippen LogP contribution in [0.15, 0.2) is 24.3 Å². The molecule has 3 heteroatoms. The molecule has 1 atom stereocenters. The quantitative estimate of drug-likeness (QED) is 0.737. The maximum absolute atomic E-state index is 9.11. The van der Waals surface area contributed by atoms with Gasteiger partial charge in [0.2, 0.25) is 0 Å². The molecule has 1 unspecified atom stereocenters. The summed E-state index contributed by atoms with van der Waals surface area (Å²) in [6.07, 6.45) is 1.16. The number of nitrogens with zero attached hydrogens (tertiary/aromatic N) is 1. The highest BCUT2D eigenvalue weighted by Crippen LogP contribution is 2.17. The number of rotatable bonds is 4. The molecule has 0 amide bonds. The van der Waals surface area contributed by atoms with Crippen LogP contribution in [0.1, 0.15) is 25.3 Å². The molecule has 0 bridgehead atoms. The van der Waals surface area contributed by atoms with E-state index in [-0.39, 0.29) is 11.7 Å². The van der Waals surface area contributed by atoms with Crippen molar-refractivity contribution in [3.8, 4) is 11.8 Å². The van der Waals surface area contributed by atoms with Gasteiger partial charge in [0.1, 0.15) is 5.75 Å². The molecule has 0 aliphatic heterocycles. The van der Waals surface area contributed by atoms with Crippen LogP contribution in [0.4, 0.5) is 0 Å². The first-order valence-corrected chi connectivity index (χ1v) is 4.93. The number of nitriles is 1. The molecular weight excluding hydrogens is 188 g/mol. The van der Waals surface area contributed by atoms with Gasteiger partial charge in [0.25, 0.3) is 0 Å². The molecule has 0 aliphatic rings. The van der Waals surface area contributed by atoms with Gasteiger partial charge in [0, 0.05) is 18.1 Å². The van der Waals surface area contributed by atoms with Gasteiger partial charge in [0.05, 0.1) is 6.07 Å². The molecule has 1 aromatic carbocycles. The maximum Gasteiger partial charge on any atom is 0.115 e. The molecule has 0 heterocycles. The first-order valence-electron chi connectivity index (χ1n) is 4.93. The van der Waals surface area contributed by atoms with Crippen molar-refractivity contribution >= 4 is 5.71 Å². The van der Waals surface area contributed by atoms with E-state index in [1.165, 1.54) is 0 Å². The number of nitrogens with one attached hydrogen (secondary N) is 1. The zero-order valence-corrected chi connectivity index (χ0v) is 8.70. The fraction of sp³-hybridized carbons (Fsp3) is 0.333. The van der Waals surface area contributed by atoms with E-state index in [1.54, 1.807) is 24.3 Å². The van der Waals surface area contributed by atoms with Crippen molar-refractivity contribution in [3.63, 3.8) is 0 Å². The Balaban J connectivity index is 2.84. The second kappa shape index (κ2) is 5.16. The van der Waals surface area contributed by atoms with Gasteiger partial charge in [-0.15, -0.1) is 0 Å². The molecule has 0 saturated heterocycles. The molecule has 0 aliphatic carbocycles. The number of aromatic hydroxyl groups is 1. The summed E-state index contributed by atoms with van der Waals surface area (Å²) < 4.78 is 0. The van der Waals surface area contributed by atoms with Crippen LogP contribution < -0.4 is 0 Å². The van der Waals surface area contributed by atoms with Crippen LogP contribution in [0.3, 0.4) is 0 Å². The third-order valence-electron chi connectivity index (χ3n) is 2.42. The van der Waals surface area contributed by atoms with E-state index in [0.717, 1.165) is 12.0 Å². The number of benzene rings is 1. The summed E-state index contributed by atoms with van der Waals surface area (Å²) in [6, 6.07) is 8.62. The Morgan fingerprint density at radius 2 is 2.07 bits per heavy atom. The first-order chi connectivity index (χ1) is 7.19. The van der Waals surface area contributed by atoms with Crippen molar-refractivity contribution < 1.29 is 5.11 Å². The fourth-order valence-corrected chi connectivity index (χ4v) is 1.44. The summed E-state index contributed by atoms with van der Waals surface area (Å²) in [5, 5.41) is 25.7. The molecule has 0 aromatic heterocycles. The molecule has 0 radical (unpaired) electrons. The fourth-order valence-electron chi connectivity index (χ4n) is 1.44. The largest absolute Gasteiger partial charge is 0.508 e. The molecule has 78 valence electrons. The summed E-state index contributed by atoms with van der Waals surface area (Å²) in [4.78, 5) is 0. The second-order valence-corrected chi connectivity index (χ2v) is 3.43. The minimum Gasteiger partial charge on any atom is -0.508 e. The Bertz CT molecular complexity index is 376.